The zero-order valence-electron chi connectivity index (χ0n) is 18.4. The standard InChI is InChI=1S/C26H28BNO3/c1-26(27)11-8-18-14-20(17-6-4-3-5-7-17)21-15-23(28-12-9-19(29)10-13-28)24(30-2)16-22(21)25(18)31-26/h3-8,11,14-16,19,29H,9-10,12-13,27H2,1-2H3. The lowest BCUT2D eigenvalue weighted by Gasteiger charge is -2.34. The molecule has 4 nitrogen and oxygen atoms in total. The lowest BCUT2D eigenvalue weighted by molar-refractivity contribution is 0.145. The molecule has 0 bridgehead atoms. The number of piperidine rings is 1. The van der Waals surface area contributed by atoms with Gasteiger partial charge < -0.3 is 19.5 Å². The maximum Gasteiger partial charge on any atom is 0.163 e. The first-order valence-electron chi connectivity index (χ1n) is 11.0. The highest BCUT2D eigenvalue weighted by Gasteiger charge is 2.27. The van der Waals surface area contributed by atoms with Crippen molar-refractivity contribution in [3.05, 3.63) is 60.2 Å². The summed E-state index contributed by atoms with van der Waals surface area (Å²) in [5.74, 6) is 1.74. The second kappa shape index (κ2) is 7.65. The Morgan fingerprint density at radius 1 is 1.10 bits per heavy atom. The second-order valence-electron chi connectivity index (χ2n) is 9.04. The van der Waals surface area contributed by atoms with Gasteiger partial charge in [0.05, 0.1) is 24.4 Å². The van der Waals surface area contributed by atoms with Crippen LogP contribution in [0.25, 0.3) is 28.0 Å². The Labute approximate surface area is 184 Å². The molecule has 158 valence electrons. The SMILES string of the molecule is BC1(C)C=Cc2cc(-c3ccccc3)c3cc(N4CCC(O)CC4)c(OC)cc3c2O1. The second-order valence-corrected chi connectivity index (χ2v) is 9.04. The van der Waals surface area contributed by atoms with E-state index in [-0.39, 0.29) is 11.6 Å². The molecule has 2 heterocycles. The maximum absolute atomic E-state index is 9.97. The van der Waals surface area contributed by atoms with Crippen molar-refractivity contribution in [3.8, 4) is 22.6 Å². The zero-order chi connectivity index (χ0) is 21.6. The Morgan fingerprint density at radius 2 is 1.84 bits per heavy atom. The van der Waals surface area contributed by atoms with E-state index in [0.717, 1.165) is 59.5 Å². The molecule has 0 saturated carbocycles. The van der Waals surface area contributed by atoms with Gasteiger partial charge in [-0.15, -0.1) is 0 Å². The van der Waals surface area contributed by atoms with E-state index in [0.29, 0.717) is 0 Å². The molecule has 3 aromatic rings. The summed E-state index contributed by atoms with van der Waals surface area (Å²) in [4.78, 5) is 2.32. The smallest absolute Gasteiger partial charge is 0.163 e. The summed E-state index contributed by atoms with van der Waals surface area (Å²) in [5.41, 5.74) is 4.16. The summed E-state index contributed by atoms with van der Waals surface area (Å²) >= 11 is 0. The number of anilines is 1. The Hall–Kier alpha value is -2.92. The molecule has 31 heavy (non-hydrogen) atoms. The molecule has 2 aliphatic heterocycles. The summed E-state index contributed by atoms with van der Waals surface area (Å²) in [6.45, 7) is 3.72. The van der Waals surface area contributed by atoms with Crippen molar-refractivity contribution in [2.75, 3.05) is 25.1 Å². The molecule has 0 radical (unpaired) electrons. The molecule has 1 saturated heterocycles. The van der Waals surface area contributed by atoms with E-state index in [1.165, 1.54) is 11.1 Å². The largest absolute Gasteiger partial charge is 0.495 e. The van der Waals surface area contributed by atoms with Gasteiger partial charge >= 0.3 is 0 Å². The summed E-state index contributed by atoms with van der Waals surface area (Å²) in [6, 6.07) is 17.1. The number of aliphatic hydroxyl groups is 1. The Morgan fingerprint density at radius 3 is 2.55 bits per heavy atom. The van der Waals surface area contributed by atoms with Crippen LogP contribution in [0.1, 0.15) is 25.3 Å². The van der Waals surface area contributed by atoms with Gasteiger partial charge in [-0.2, -0.15) is 0 Å². The van der Waals surface area contributed by atoms with E-state index in [1.54, 1.807) is 7.11 Å². The lowest BCUT2D eigenvalue weighted by Crippen LogP contribution is -2.36. The van der Waals surface area contributed by atoms with Gasteiger partial charge in [0, 0.05) is 24.0 Å². The third kappa shape index (κ3) is 3.68. The van der Waals surface area contributed by atoms with E-state index in [9.17, 15) is 5.11 Å². The van der Waals surface area contributed by atoms with Crippen LogP contribution in [0.4, 0.5) is 5.69 Å². The number of fused-ring (bicyclic) bond motifs is 3. The Balaban J connectivity index is 1.77. The van der Waals surface area contributed by atoms with E-state index >= 15 is 0 Å². The molecular weight excluding hydrogens is 385 g/mol. The van der Waals surface area contributed by atoms with Gasteiger partial charge in [-0.25, -0.2) is 0 Å². The fourth-order valence-electron chi connectivity index (χ4n) is 4.63. The maximum atomic E-state index is 9.97. The molecule has 0 aliphatic carbocycles. The summed E-state index contributed by atoms with van der Waals surface area (Å²) in [6.07, 6.45) is 5.62. The number of methoxy groups -OCH3 is 1. The van der Waals surface area contributed by atoms with Crippen LogP contribution in [-0.2, 0) is 0 Å². The number of hydrogen-bond donors (Lipinski definition) is 1. The third-order valence-electron chi connectivity index (χ3n) is 6.34. The molecule has 2 aliphatic rings. The van der Waals surface area contributed by atoms with Crippen LogP contribution >= 0.6 is 0 Å². The molecule has 3 aromatic carbocycles. The van der Waals surface area contributed by atoms with Crippen LogP contribution in [0.2, 0.25) is 0 Å². The predicted molar refractivity (Wildman–Crippen MR) is 130 cm³/mol. The monoisotopic (exact) mass is 413 g/mol. The van der Waals surface area contributed by atoms with Crippen LogP contribution in [0.5, 0.6) is 11.5 Å². The van der Waals surface area contributed by atoms with Crippen LogP contribution in [-0.4, -0.2) is 44.8 Å². The van der Waals surface area contributed by atoms with Gasteiger partial charge in [0.15, 0.2) is 7.85 Å². The number of benzene rings is 3. The highest BCUT2D eigenvalue weighted by Crippen LogP contribution is 2.46. The van der Waals surface area contributed by atoms with Crippen molar-refractivity contribution in [2.24, 2.45) is 0 Å². The third-order valence-corrected chi connectivity index (χ3v) is 6.34. The fourth-order valence-corrected chi connectivity index (χ4v) is 4.63. The summed E-state index contributed by atoms with van der Waals surface area (Å²) in [7, 11) is 3.80. The van der Waals surface area contributed by atoms with Gasteiger partial charge in [-0.1, -0.05) is 42.5 Å². The average molecular weight is 413 g/mol. The van der Waals surface area contributed by atoms with Crippen molar-refractivity contribution >= 4 is 30.4 Å². The first kappa shape index (κ1) is 20.0. The fraction of sp³-hybridized carbons (Fsp3) is 0.308. The number of aliphatic hydroxyl groups excluding tert-OH is 1. The van der Waals surface area contributed by atoms with Crippen LogP contribution in [0, 0.1) is 0 Å². The van der Waals surface area contributed by atoms with Crippen molar-refractivity contribution in [1.29, 1.82) is 0 Å². The van der Waals surface area contributed by atoms with Gasteiger partial charge in [0.25, 0.3) is 0 Å². The van der Waals surface area contributed by atoms with E-state index in [4.69, 9.17) is 9.47 Å². The van der Waals surface area contributed by atoms with Crippen molar-refractivity contribution in [3.63, 3.8) is 0 Å². The van der Waals surface area contributed by atoms with Gasteiger partial charge in [-0.05, 0) is 54.5 Å². The molecule has 5 rings (SSSR count). The summed E-state index contributed by atoms with van der Waals surface area (Å²) < 4.78 is 12.3. The first-order valence-corrected chi connectivity index (χ1v) is 11.0. The van der Waals surface area contributed by atoms with Gasteiger partial charge in [0.1, 0.15) is 11.5 Å². The van der Waals surface area contributed by atoms with E-state index in [1.807, 2.05) is 6.07 Å². The minimum absolute atomic E-state index is 0.211. The molecule has 5 heteroatoms. The lowest BCUT2D eigenvalue weighted by atomic mass is 9.80. The molecule has 1 fully saturated rings. The van der Waals surface area contributed by atoms with Crippen LogP contribution in [0.15, 0.2) is 54.6 Å². The molecular formula is C26H28BNO3. The zero-order valence-corrected chi connectivity index (χ0v) is 18.4. The quantitative estimate of drug-likeness (QED) is 0.653. The minimum atomic E-state index is -0.358. The highest BCUT2D eigenvalue weighted by atomic mass is 16.5. The van der Waals surface area contributed by atoms with Crippen molar-refractivity contribution in [2.45, 2.75) is 31.4 Å². The molecule has 1 atom stereocenters. The molecule has 0 aromatic heterocycles. The molecule has 0 amide bonds. The highest BCUT2D eigenvalue weighted by molar-refractivity contribution is 6.17. The van der Waals surface area contributed by atoms with E-state index < -0.39 is 0 Å². The van der Waals surface area contributed by atoms with Gasteiger partial charge in [-0.3, -0.25) is 0 Å². The number of rotatable bonds is 3. The van der Waals surface area contributed by atoms with Gasteiger partial charge in [0.2, 0.25) is 0 Å². The molecule has 1 unspecified atom stereocenters. The minimum Gasteiger partial charge on any atom is -0.495 e. The topological polar surface area (TPSA) is 41.9 Å². The van der Waals surface area contributed by atoms with Crippen molar-refractivity contribution < 1.29 is 14.6 Å². The number of nitrogens with zero attached hydrogens (tertiary/aromatic N) is 1. The Bertz CT molecular complexity index is 1150. The first-order chi connectivity index (χ1) is 14.9. The normalized spacial score (nSPS) is 21.1. The number of ether oxygens (including phenoxy) is 2. The predicted octanol–water partition coefficient (Wildman–Crippen LogP) is 4.23. The Kier molecular flexibility index (Phi) is 4.94. The number of hydrogen-bond acceptors (Lipinski definition) is 4. The molecule has 1 N–H and O–H groups in total. The van der Waals surface area contributed by atoms with E-state index in [2.05, 4.69) is 74.3 Å². The average Bonchev–Trinajstić information content (AvgIpc) is 2.78. The summed E-state index contributed by atoms with van der Waals surface area (Å²) in [5, 5.41) is 12.2. The van der Waals surface area contributed by atoms with Crippen molar-refractivity contribution in [1.82, 2.24) is 0 Å². The molecule has 0 spiro atoms. The van der Waals surface area contributed by atoms with Crippen LogP contribution in [0.3, 0.4) is 0 Å². The van der Waals surface area contributed by atoms with Crippen LogP contribution < -0.4 is 14.4 Å².